The van der Waals surface area contributed by atoms with Gasteiger partial charge in [0.2, 0.25) is 0 Å². The van der Waals surface area contributed by atoms with Gasteiger partial charge >= 0.3 is 0 Å². The third kappa shape index (κ3) is 3.33. The molecule has 1 amide bonds. The quantitative estimate of drug-likeness (QED) is 0.908. The Labute approximate surface area is 121 Å². The number of rotatable bonds is 4. The van der Waals surface area contributed by atoms with E-state index >= 15 is 0 Å². The van der Waals surface area contributed by atoms with Crippen molar-refractivity contribution >= 4 is 11.6 Å². The van der Waals surface area contributed by atoms with Crippen LogP contribution in [0.25, 0.3) is 0 Å². The molecule has 0 atom stereocenters. The number of hydrogen-bond donors (Lipinski definition) is 1. The predicted molar refractivity (Wildman–Crippen MR) is 81.7 cm³/mol. The Morgan fingerprint density at radius 3 is 2.50 bits per heavy atom. The summed E-state index contributed by atoms with van der Waals surface area (Å²) in [5.74, 6) is 0.780. The van der Waals surface area contributed by atoms with Crippen LogP contribution in [0.3, 0.4) is 0 Å². The number of carbonyl (C=O) groups excluding carboxylic acids is 1. The number of aryl methyl sites for hydroxylation is 1. The lowest BCUT2D eigenvalue weighted by Gasteiger charge is -2.35. The van der Waals surface area contributed by atoms with Crippen molar-refractivity contribution in [2.24, 2.45) is 5.92 Å². The molecule has 112 valence electrons. The molecule has 1 aliphatic rings. The van der Waals surface area contributed by atoms with Crippen LogP contribution in [0.5, 0.6) is 0 Å². The molecular weight excluding hydrogens is 252 g/mol. The Morgan fingerprint density at radius 2 is 1.95 bits per heavy atom. The summed E-state index contributed by atoms with van der Waals surface area (Å²) in [6, 6.07) is 1.78. The van der Waals surface area contributed by atoms with Gasteiger partial charge in [-0.3, -0.25) is 9.69 Å². The fourth-order valence-corrected chi connectivity index (χ4v) is 2.79. The zero-order valence-electron chi connectivity index (χ0n) is 12.8. The zero-order valence-corrected chi connectivity index (χ0v) is 12.8. The minimum Gasteiger partial charge on any atom is -0.397 e. The Kier molecular flexibility index (Phi) is 4.70. The highest BCUT2D eigenvalue weighted by Gasteiger charge is 2.24. The van der Waals surface area contributed by atoms with Gasteiger partial charge in [-0.25, -0.2) is 0 Å². The molecule has 2 heterocycles. The first-order chi connectivity index (χ1) is 9.51. The molecule has 2 N–H and O–H groups in total. The molecule has 1 aromatic rings. The number of amides is 1. The first kappa shape index (κ1) is 14.9. The van der Waals surface area contributed by atoms with Crippen LogP contribution in [0.15, 0.2) is 12.3 Å². The standard InChI is InChI=1S/C15H26N4O/c1-4-18-11-13(16)9-14(18)15(20)19-7-5-17(6-8-19)10-12(2)3/h9,11-12H,4-8,10,16H2,1-3H3. The number of carbonyl (C=O) groups is 1. The van der Waals surface area contributed by atoms with E-state index in [1.54, 1.807) is 6.07 Å². The van der Waals surface area contributed by atoms with Crippen LogP contribution in [0.1, 0.15) is 31.3 Å². The summed E-state index contributed by atoms with van der Waals surface area (Å²) in [6.07, 6.45) is 1.84. The first-order valence-electron chi connectivity index (χ1n) is 7.48. The van der Waals surface area contributed by atoms with Gasteiger partial charge in [-0.2, -0.15) is 0 Å². The average Bonchev–Trinajstić information content (AvgIpc) is 2.79. The van der Waals surface area contributed by atoms with Gasteiger partial charge in [-0.15, -0.1) is 0 Å². The van der Waals surface area contributed by atoms with Gasteiger partial charge in [0.1, 0.15) is 5.69 Å². The highest BCUT2D eigenvalue weighted by molar-refractivity contribution is 5.94. The lowest BCUT2D eigenvalue weighted by molar-refractivity contribution is 0.0613. The van der Waals surface area contributed by atoms with E-state index in [-0.39, 0.29) is 5.91 Å². The largest absolute Gasteiger partial charge is 0.397 e. The molecule has 0 aliphatic carbocycles. The van der Waals surface area contributed by atoms with E-state index < -0.39 is 0 Å². The van der Waals surface area contributed by atoms with E-state index in [0.29, 0.717) is 17.3 Å². The van der Waals surface area contributed by atoms with E-state index in [2.05, 4.69) is 18.7 Å². The summed E-state index contributed by atoms with van der Waals surface area (Å²) in [6.45, 7) is 11.9. The molecule has 1 aromatic heterocycles. The van der Waals surface area contributed by atoms with Gasteiger partial charge in [-0.1, -0.05) is 13.8 Å². The third-order valence-electron chi connectivity index (χ3n) is 3.76. The van der Waals surface area contributed by atoms with E-state index in [9.17, 15) is 4.79 Å². The molecule has 1 fully saturated rings. The molecule has 5 nitrogen and oxygen atoms in total. The van der Waals surface area contributed by atoms with Gasteiger partial charge in [0.15, 0.2) is 0 Å². The van der Waals surface area contributed by atoms with E-state index in [1.165, 1.54) is 0 Å². The summed E-state index contributed by atoms with van der Waals surface area (Å²) in [7, 11) is 0. The smallest absolute Gasteiger partial charge is 0.270 e. The molecule has 0 saturated carbocycles. The summed E-state index contributed by atoms with van der Waals surface area (Å²) in [5, 5.41) is 0. The van der Waals surface area contributed by atoms with Crippen molar-refractivity contribution in [1.29, 1.82) is 0 Å². The molecule has 20 heavy (non-hydrogen) atoms. The van der Waals surface area contributed by atoms with Crippen LogP contribution in [0.2, 0.25) is 0 Å². The van der Waals surface area contributed by atoms with Gasteiger partial charge in [0, 0.05) is 45.5 Å². The molecule has 0 bridgehead atoms. The predicted octanol–water partition coefficient (Wildman–Crippen LogP) is 1.50. The minimum atomic E-state index is 0.104. The molecule has 2 rings (SSSR count). The number of aromatic nitrogens is 1. The average molecular weight is 278 g/mol. The fraction of sp³-hybridized carbons (Fsp3) is 0.667. The Balaban J connectivity index is 1.98. The minimum absolute atomic E-state index is 0.104. The number of nitrogens with two attached hydrogens (primary N) is 1. The monoisotopic (exact) mass is 278 g/mol. The Hall–Kier alpha value is -1.49. The Morgan fingerprint density at radius 1 is 1.30 bits per heavy atom. The summed E-state index contributed by atoms with van der Waals surface area (Å²) < 4.78 is 1.93. The third-order valence-corrected chi connectivity index (χ3v) is 3.76. The molecule has 5 heteroatoms. The van der Waals surface area contributed by atoms with Crippen LogP contribution in [0.4, 0.5) is 5.69 Å². The Bertz CT molecular complexity index is 458. The number of hydrogen-bond acceptors (Lipinski definition) is 3. The topological polar surface area (TPSA) is 54.5 Å². The van der Waals surface area contributed by atoms with Crippen LogP contribution in [-0.2, 0) is 6.54 Å². The maximum Gasteiger partial charge on any atom is 0.270 e. The van der Waals surface area contributed by atoms with E-state index in [4.69, 9.17) is 5.73 Å². The number of nitrogen functional groups attached to an aromatic ring is 1. The van der Waals surface area contributed by atoms with E-state index in [0.717, 1.165) is 39.3 Å². The van der Waals surface area contributed by atoms with Crippen LogP contribution < -0.4 is 5.73 Å². The van der Waals surface area contributed by atoms with Crippen molar-refractivity contribution in [3.05, 3.63) is 18.0 Å². The molecular formula is C15H26N4O. The van der Waals surface area contributed by atoms with Gasteiger partial charge in [-0.05, 0) is 18.9 Å². The number of piperazine rings is 1. The summed E-state index contributed by atoms with van der Waals surface area (Å²) >= 11 is 0. The van der Waals surface area contributed by atoms with Crippen molar-refractivity contribution < 1.29 is 4.79 Å². The van der Waals surface area contributed by atoms with Crippen molar-refractivity contribution in [2.45, 2.75) is 27.3 Å². The molecule has 0 spiro atoms. The summed E-state index contributed by atoms with van der Waals surface area (Å²) in [4.78, 5) is 16.9. The number of anilines is 1. The normalized spacial score (nSPS) is 16.9. The highest BCUT2D eigenvalue weighted by Crippen LogP contribution is 2.15. The lowest BCUT2D eigenvalue weighted by Crippen LogP contribution is -2.49. The fourth-order valence-electron chi connectivity index (χ4n) is 2.79. The van der Waals surface area contributed by atoms with Gasteiger partial charge in [0.25, 0.3) is 5.91 Å². The van der Waals surface area contributed by atoms with Crippen LogP contribution >= 0.6 is 0 Å². The van der Waals surface area contributed by atoms with Crippen molar-refractivity contribution in [1.82, 2.24) is 14.4 Å². The van der Waals surface area contributed by atoms with Crippen LogP contribution in [0, 0.1) is 5.92 Å². The number of nitrogens with zero attached hydrogens (tertiary/aromatic N) is 3. The lowest BCUT2D eigenvalue weighted by atomic mass is 10.2. The molecule has 0 unspecified atom stereocenters. The second-order valence-electron chi connectivity index (χ2n) is 5.93. The maximum atomic E-state index is 12.6. The maximum absolute atomic E-state index is 12.6. The second-order valence-corrected chi connectivity index (χ2v) is 5.93. The van der Waals surface area contributed by atoms with Gasteiger partial charge in [0.05, 0.1) is 5.69 Å². The second kappa shape index (κ2) is 6.31. The molecule has 0 aromatic carbocycles. The van der Waals surface area contributed by atoms with Crippen LogP contribution in [-0.4, -0.2) is 53.0 Å². The molecule has 1 aliphatic heterocycles. The van der Waals surface area contributed by atoms with E-state index in [1.807, 2.05) is 22.6 Å². The first-order valence-corrected chi connectivity index (χ1v) is 7.48. The summed E-state index contributed by atoms with van der Waals surface area (Å²) in [5.41, 5.74) is 7.17. The van der Waals surface area contributed by atoms with Gasteiger partial charge < -0.3 is 15.2 Å². The van der Waals surface area contributed by atoms with Crippen molar-refractivity contribution in [3.8, 4) is 0 Å². The zero-order chi connectivity index (χ0) is 14.7. The SMILES string of the molecule is CCn1cc(N)cc1C(=O)N1CCN(CC(C)C)CC1. The molecule has 0 radical (unpaired) electrons. The van der Waals surface area contributed by atoms with Crippen molar-refractivity contribution in [3.63, 3.8) is 0 Å². The highest BCUT2D eigenvalue weighted by atomic mass is 16.2. The van der Waals surface area contributed by atoms with Crippen molar-refractivity contribution in [2.75, 3.05) is 38.5 Å². The molecule has 1 saturated heterocycles.